The van der Waals surface area contributed by atoms with Gasteiger partial charge in [-0.25, -0.2) is 8.42 Å². The molecular formula is C17H23NO4S. The Kier molecular flexibility index (Phi) is 3.39. The lowest BCUT2D eigenvalue weighted by atomic mass is 9.72. The first kappa shape index (κ1) is 15.3. The van der Waals surface area contributed by atoms with Crippen molar-refractivity contribution in [1.29, 1.82) is 0 Å². The van der Waals surface area contributed by atoms with Crippen LogP contribution in [-0.4, -0.2) is 38.7 Å². The minimum atomic E-state index is -3.24. The highest BCUT2D eigenvalue weighted by Crippen LogP contribution is 2.52. The van der Waals surface area contributed by atoms with Crippen LogP contribution in [0.4, 0.5) is 0 Å². The summed E-state index contributed by atoms with van der Waals surface area (Å²) in [5.74, 6) is 1.55. The maximum absolute atomic E-state index is 12.3. The van der Waals surface area contributed by atoms with E-state index in [1.165, 1.54) is 11.8 Å². The molecule has 1 aromatic rings. The molecule has 1 atom stereocenters. The van der Waals surface area contributed by atoms with Gasteiger partial charge in [-0.15, -0.1) is 0 Å². The van der Waals surface area contributed by atoms with Crippen molar-refractivity contribution in [1.82, 2.24) is 4.31 Å². The number of fused-ring (bicyclic) bond motifs is 3. The molecule has 1 aromatic carbocycles. The average Bonchev–Trinajstić information content (AvgIpc) is 2.98. The Hall–Kier alpha value is -1.27. The molecule has 2 aliphatic heterocycles. The van der Waals surface area contributed by atoms with E-state index in [1.54, 1.807) is 4.31 Å². The van der Waals surface area contributed by atoms with E-state index in [9.17, 15) is 8.42 Å². The molecule has 1 unspecified atom stereocenters. The second kappa shape index (κ2) is 5.11. The van der Waals surface area contributed by atoms with Crippen molar-refractivity contribution in [3.05, 3.63) is 23.3 Å². The number of rotatable bonds is 1. The summed E-state index contributed by atoms with van der Waals surface area (Å²) in [5, 5.41) is 0. The van der Waals surface area contributed by atoms with Gasteiger partial charge in [0, 0.05) is 18.0 Å². The van der Waals surface area contributed by atoms with Crippen LogP contribution in [0.2, 0.25) is 0 Å². The summed E-state index contributed by atoms with van der Waals surface area (Å²) in [6.07, 6.45) is 5.70. The largest absolute Gasteiger partial charge is 0.486 e. The van der Waals surface area contributed by atoms with E-state index in [2.05, 4.69) is 6.07 Å². The van der Waals surface area contributed by atoms with Gasteiger partial charge in [-0.05, 0) is 43.0 Å². The molecule has 1 saturated carbocycles. The minimum absolute atomic E-state index is 0.0687. The lowest BCUT2D eigenvalue weighted by Crippen LogP contribution is -2.48. The highest BCUT2D eigenvalue weighted by atomic mass is 32.2. The Balaban J connectivity index is 1.90. The van der Waals surface area contributed by atoms with E-state index in [1.807, 2.05) is 13.0 Å². The van der Waals surface area contributed by atoms with Crippen LogP contribution in [0.25, 0.3) is 0 Å². The number of nitrogens with zero attached hydrogens (tertiary/aromatic N) is 1. The zero-order valence-electron chi connectivity index (χ0n) is 13.7. The highest BCUT2D eigenvalue weighted by Gasteiger charge is 2.47. The smallest absolute Gasteiger partial charge is 0.211 e. The summed E-state index contributed by atoms with van der Waals surface area (Å²) in [6, 6.07) is 3.96. The van der Waals surface area contributed by atoms with E-state index in [0.29, 0.717) is 19.8 Å². The van der Waals surface area contributed by atoms with Crippen LogP contribution < -0.4 is 9.47 Å². The molecule has 1 spiro atoms. The summed E-state index contributed by atoms with van der Waals surface area (Å²) in [4.78, 5) is 0. The molecule has 0 aromatic heterocycles. The van der Waals surface area contributed by atoms with Crippen LogP contribution in [0.15, 0.2) is 12.1 Å². The lowest BCUT2D eigenvalue weighted by molar-refractivity contribution is 0.168. The van der Waals surface area contributed by atoms with E-state index in [0.717, 1.165) is 42.7 Å². The van der Waals surface area contributed by atoms with Gasteiger partial charge in [0.1, 0.15) is 13.2 Å². The summed E-state index contributed by atoms with van der Waals surface area (Å²) in [5.41, 5.74) is 2.28. The quantitative estimate of drug-likeness (QED) is 0.790. The Morgan fingerprint density at radius 3 is 2.35 bits per heavy atom. The molecule has 0 radical (unpaired) electrons. The Labute approximate surface area is 137 Å². The average molecular weight is 337 g/mol. The van der Waals surface area contributed by atoms with Gasteiger partial charge in [-0.3, -0.25) is 0 Å². The van der Waals surface area contributed by atoms with Crippen molar-refractivity contribution < 1.29 is 17.9 Å². The standard InChI is InChI=1S/C17H23NO4S/c1-12-13-9-15-16(22-8-7-21-15)10-14(13)17(5-3-4-6-17)11-18(12)23(2,19)20/h9-10,12H,3-8,11H2,1-2H3. The van der Waals surface area contributed by atoms with Gasteiger partial charge in [0.15, 0.2) is 11.5 Å². The molecule has 1 fully saturated rings. The molecule has 0 amide bonds. The van der Waals surface area contributed by atoms with E-state index < -0.39 is 10.0 Å². The van der Waals surface area contributed by atoms with E-state index in [4.69, 9.17) is 9.47 Å². The molecule has 0 saturated heterocycles. The van der Waals surface area contributed by atoms with Gasteiger partial charge < -0.3 is 9.47 Å². The minimum Gasteiger partial charge on any atom is -0.486 e. The predicted octanol–water partition coefficient (Wildman–Crippen LogP) is 2.61. The molecule has 2 heterocycles. The van der Waals surface area contributed by atoms with Crippen molar-refractivity contribution >= 4 is 10.0 Å². The first-order chi connectivity index (χ1) is 10.9. The maximum Gasteiger partial charge on any atom is 0.211 e. The first-order valence-corrected chi connectivity index (χ1v) is 10.2. The van der Waals surface area contributed by atoms with Crippen LogP contribution in [0.5, 0.6) is 11.5 Å². The summed E-state index contributed by atoms with van der Waals surface area (Å²) >= 11 is 0. The van der Waals surface area contributed by atoms with Crippen molar-refractivity contribution in [2.75, 3.05) is 26.0 Å². The molecule has 6 heteroatoms. The van der Waals surface area contributed by atoms with Gasteiger partial charge in [0.05, 0.1) is 6.26 Å². The molecule has 126 valence electrons. The number of ether oxygens (including phenoxy) is 2. The Bertz CT molecular complexity index is 737. The van der Waals surface area contributed by atoms with Gasteiger partial charge in [0.25, 0.3) is 0 Å². The first-order valence-electron chi connectivity index (χ1n) is 8.32. The second-order valence-corrected chi connectivity index (χ2v) is 8.99. The number of sulfonamides is 1. The second-order valence-electron chi connectivity index (χ2n) is 7.05. The molecule has 5 nitrogen and oxygen atoms in total. The van der Waals surface area contributed by atoms with Crippen molar-refractivity contribution in [2.24, 2.45) is 0 Å². The molecule has 0 N–H and O–H groups in total. The lowest BCUT2D eigenvalue weighted by Gasteiger charge is -2.45. The molecular weight excluding hydrogens is 314 g/mol. The molecule has 23 heavy (non-hydrogen) atoms. The third-order valence-corrected chi connectivity index (χ3v) is 6.91. The summed E-state index contributed by atoms with van der Waals surface area (Å²) < 4.78 is 37.8. The van der Waals surface area contributed by atoms with Gasteiger partial charge >= 0.3 is 0 Å². The number of hydrogen-bond acceptors (Lipinski definition) is 4. The predicted molar refractivity (Wildman–Crippen MR) is 87.5 cm³/mol. The van der Waals surface area contributed by atoms with Gasteiger partial charge in [0.2, 0.25) is 10.0 Å². The third kappa shape index (κ3) is 2.34. The molecule has 0 bridgehead atoms. The third-order valence-electron chi connectivity index (χ3n) is 5.61. The van der Waals surface area contributed by atoms with Crippen LogP contribution in [0, 0.1) is 0 Å². The van der Waals surface area contributed by atoms with E-state index >= 15 is 0 Å². The van der Waals surface area contributed by atoms with Crippen LogP contribution in [0.1, 0.15) is 49.8 Å². The van der Waals surface area contributed by atoms with Crippen molar-refractivity contribution in [3.63, 3.8) is 0 Å². The summed E-state index contributed by atoms with van der Waals surface area (Å²) in [7, 11) is -3.24. The normalized spacial score (nSPS) is 26.3. The van der Waals surface area contributed by atoms with Gasteiger partial charge in [-0.2, -0.15) is 4.31 Å². The Morgan fingerprint density at radius 1 is 1.13 bits per heavy atom. The van der Waals surface area contributed by atoms with Crippen molar-refractivity contribution in [2.45, 2.75) is 44.1 Å². The van der Waals surface area contributed by atoms with Crippen LogP contribution >= 0.6 is 0 Å². The van der Waals surface area contributed by atoms with Crippen LogP contribution in [-0.2, 0) is 15.4 Å². The molecule has 4 rings (SSSR count). The number of benzene rings is 1. The number of hydrogen-bond donors (Lipinski definition) is 0. The van der Waals surface area contributed by atoms with Crippen LogP contribution in [0.3, 0.4) is 0 Å². The molecule has 1 aliphatic carbocycles. The summed E-state index contributed by atoms with van der Waals surface area (Å²) in [6.45, 7) is 3.67. The topological polar surface area (TPSA) is 55.8 Å². The molecule has 3 aliphatic rings. The fourth-order valence-corrected chi connectivity index (χ4v) is 5.64. The monoisotopic (exact) mass is 337 g/mol. The zero-order chi connectivity index (χ0) is 16.2. The SMILES string of the molecule is CC1c2cc3c(cc2C2(CCCC2)CN1S(C)(=O)=O)OCCO3. The maximum atomic E-state index is 12.3. The zero-order valence-corrected chi connectivity index (χ0v) is 14.5. The fraction of sp³-hybridized carbons (Fsp3) is 0.647. The fourth-order valence-electron chi connectivity index (χ4n) is 4.47. The van der Waals surface area contributed by atoms with Crippen molar-refractivity contribution in [3.8, 4) is 11.5 Å². The highest BCUT2D eigenvalue weighted by molar-refractivity contribution is 7.88. The van der Waals surface area contributed by atoms with Gasteiger partial charge in [-0.1, -0.05) is 12.8 Å². The Morgan fingerprint density at radius 2 is 1.74 bits per heavy atom. The van der Waals surface area contributed by atoms with E-state index in [-0.39, 0.29) is 11.5 Å².